The minimum atomic E-state index is -0.266. The zero-order chi connectivity index (χ0) is 18.1. The molecule has 0 aliphatic rings. The van der Waals surface area contributed by atoms with Gasteiger partial charge in [-0.05, 0) is 6.07 Å². The Kier molecular flexibility index (Phi) is 4.02. The smallest absolute Gasteiger partial charge is 0.267 e. The van der Waals surface area contributed by atoms with E-state index in [2.05, 4.69) is 15.2 Å². The Morgan fingerprint density at radius 3 is 2.69 bits per heavy atom. The number of aromatic nitrogens is 5. The Balaban J connectivity index is 1.99. The maximum atomic E-state index is 12.0. The quantitative estimate of drug-likeness (QED) is 0.558. The number of fused-ring (bicyclic) bond motifs is 1. The molecule has 0 saturated carbocycles. The number of rotatable bonds is 4. The van der Waals surface area contributed by atoms with Crippen LogP contribution in [0.2, 0.25) is 0 Å². The van der Waals surface area contributed by atoms with Crippen molar-refractivity contribution in [3.8, 4) is 22.5 Å². The van der Waals surface area contributed by atoms with E-state index in [1.54, 1.807) is 29.2 Å². The van der Waals surface area contributed by atoms with Crippen molar-refractivity contribution in [2.24, 2.45) is 5.73 Å². The molecule has 0 aliphatic carbocycles. The summed E-state index contributed by atoms with van der Waals surface area (Å²) in [6.45, 7) is 0.0835. The standard InChI is InChI=1S/C18H14N6OS/c19-15(26)11-24-16(25)7-6-13(21-24)17-14-10-20-8-9-23(14)22-18(17)12-4-2-1-3-5-12/h1-10H,11H2,(H2,19,26). The molecule has 1 aromatic carbocycles. The lowest BCUT2D eigenvalue weighted by molar-refractivity contribution is 0.676. The molecule has 0 fully saturated rings. The van der Waals surface area contributed by atoms with Gasteiger partial charge in [0.2, 0.25) is 0 Å². The Labute approximate surface area is 153 Å². The Morgan fingerprint density at radius 2 is 1.92 bits per heavy atom. The SMILES string of the molecule is NC(=S)Cn1nc(-c2c(-c3ccccc3)nn3ccncc23)ccc1=O. The van der Waals surface area contributed by atoms with Crippen molar-refractivity contribution in [2.45, 2.75) is 6.54 Å². The minimum absolute atomic E-state index is 0.0835. The van der Waals surface area contributed by atoms with E-state index < -0.39 is 0 Å². The first-order valence-electron chi connectivity index (χ1n) is 7.88. The maximum Gasteiger partial charge on any atom is 0.267 e. The number of nitrogens with two attached hydrogens (primary N) is 1. The van der Waals surface area contributed by atoms with Crippen LogP contribution >= 0.6 is 12.2 Å². The lowest BCUT2D eigenvalue weighted by Crippen LogP contribution is -2.28. The summed E-state index contributed by atoms with van der Waals surface area (Å²) in [6.07, 6.45) is 5.16. The average Bonchev–Trinajstić information content (AvgIpc) is 3.03. The van der Waals surface area contributed by atoms with Crippen LogP contribution in [0.5, 0.6) is 0 Å². The van der Waals surface area contributed by atoms with E-state index in [1.165, 1.54) is 10.7 Å². The van der Waals surface area contributed by atoms with Gasteiger partial charge in [-0.15, -0.1) is 0 Å². The van der Waals surface area contributed by atoms with Crippen molar-refractivity contribution < 1.29 is 0 Å². The van der Waals surface area contributed by atoms with Crippen LogP contribution in [0.25, 0.3) is 28.0 Å². The molecule has 0 atom stereocenters. The van der Waals surface area contributed by atoms with Crippen LogP contribution in [-0.2, 0) is 6.54 Å². The summed E-state index contributed by atoms with van der Waals surface area (Å²) in [7, 11) is 0. The highest BCUT2D eigenvalue weighted by atomic mass is 32.1. The molecule has 0 spiro atoms. The number of hydrogen-bond donors (Lipinski definition) is 1. The maximum absolute atomic E-state index is 12.0. The van der Waals surface area contributed by atoms with Gasteiger partial charge < -0.3 is 5.73 Å². The lowest BCUT2D eigenvalue weighted by Gasteiger charge is -2.07. The molecule has 0 radical (unpaired) electrons. The first-order valence-corrected chi connectivity index (χ1v) is 8.29. The molecule has 2 N–H and O–H groups in total. The fourth-order valence-electron chi connectivity index (χ4n) is 2.79. The van der Waals surface area contributed by atoms with E-state index in [9.17, 15) is 4.79 Å². The van der Waals surface area contributed by atoms with Gasteiger partial charge in [-0.3, -0.25) is 9.78 Å². The van der Waals surface area contributed by atoms with Crippen LogP contribution in [0.4, 0.5) is 0 Å². The lowest BCUT2D eigenvalue weighted by atomic mass is 10.0. The van der Waals surface area contributed by atoms with Gasteiger partial charge >= 0.3 is 0 Å². The molecule has 8 heteroatoms. The second-order valence-corrected chi connectivity index (χ2v) is 6.20. The zero-order valence-corrected chi connectivity index (χ0v) is 14.4. The predicted octanol–water partition coefficient (Wildman–Crippen LogP) is 1.91. The van der Waals surface area contributed by atoms with Crippen LogP contribution in [0.3, 0.4) is 0 Å². The first-order chi connectivity index (χ1) is 12.6. The van der Waals surface area contributed by atoms with Crippen molar-refractivity contribution in [1.82, 2.24) is 24.4 Å². The highest BCUT2D eigenvalue weighted by Crippen LogP contribution is 2.33. The summed E-state index contributed by atoms with van der Waals surface area (Å²) in [5, 5.41) is 9.12. The first kappa shape index (κ1) is 16.1. The van der Waals surface area contributed by atoms with Crippen molar-refractivity contribution in [1.29, 1.82) is 0 Å². The molecule has 4 aromatic rings. The fourth-order valence-corrected chi connectivity index (χ4v) is 2.92. The van der Waals surface area contributed by atoms with Crippen molar-refractivity contribution in [3.05, 3.63) is 71.4 Å². The molecule has 3 heterocycles. The molecule has 0 bridgehead atoms. The van der Waals surface area contributed by atoms with Gasteiger partial charge in [0.15, 0.2) is 0 Å². The fraction of sp³-hybridized carbons (Fsp3) is 0.0556. The van der Waals surface area contributed by atoms with Gasteiger partial charge in [0.1, 0.15) is 5.69 Å². The second-order valence-electron chi connectivity index (χ2n) is 5.68. The topological polar surface area (TPSA) is 91.1 Å². The van der Waals surface area contributed by atoms with Gasteiger partial charge in [-0.25, -0.2) is 9.20 Å². The molecular formula is C18H14N6OS. The molecule has 26 heavy (non-hydrogen) atoms. The molecule has 0 amide bonds. The average molecular weight is 362 g/mol. The minimum Gasteiger partial charge on any atom is -0.392 e. The van der Waals surface area contributed by atoms with Gasteiger partial charge in [0.05, 0.1) is 34.5 Å². The van der Waals surface area contributed by atoms with Crippen LogP contribution in [-0.4, -0.2) is 29.4 Å². The van der Waals surface area contributed by atoms with Crippen LogP contribution in [0.1, 0.15) is 0 Å². The number of thiocarbonyl (C=S) groups is 1. The van der Waals surface area contributed by atoms with Gasteiger partial charge in [0.25, 0.3) is 5.56 Å². The third-order valence-electron chi connectivity index (χ3n) is 3.91. The summed E-state index contributed by atoms with van der Waals surface area (Å²) < 4.78 is 3.00. The highest BCUT2D eigenvalue weighted by molar-refractivity contribution is 7.80. The van der Waals surface area contributed by atoms with Gasteiger partial charge in [-0.2, -0.15) is 10.2 Å². The number of hydrogen-bond acceptors (Lipinski definition) is 5. The summed E-state index contributed by atoms with van der Waals surface area (Å²) in [5.74, 6) is 0. The number of nitrogens with zero attached hydrogens (tertiary/aromatic N) is 5. The summed E-state index contributed by atoms with van der Waals surface area (Å²) >= 11 is 4.91. The van der Waals surface area contributed by atoms with E-state index >= 15 is 0 Å². The molecule has 0 aliphatic heterocycles. The second kappa shape index (κ2) is 6.49. The monoisotopic (exact) mass is 362 g/mol. The molecule has 0 saturated heterocycles. The molecule has 7 nitrogen and oxygen atoms in total. The van der Waals surface area contributed by atoms with E-state index in [4.69, 9.17) is 18.0 Å². The molecular weight excluding hydrogens is 348 g/mol. The Hall–Kier alpha value is -3.39. The normalized spacial score (nSPS) is 10.9. The Bertz CT molecular complexity index is 1170. The van der Waals surface area contributed by atoms with Crippen LogP contribution < -0.4 is 11.3 Å². The van der Waals surface area contributed by atoms with Gasteiger partial charge in [0, 0.05) is 24.0 Å². The van der Waals surface area contributed by atoms with Crippen molar-refractivity contribution >= 4 is 22.7 Å². The van der Waals surface area contributed by atoms with E-state index in [1.807, 2.05) is 30.3 Å². The third-order valence-corrected chi connectivity index (χ3v) is 4.04. The predicted molar refractivity (Wildman–Crippen MR) is 103 cm³/mol. The van der Waals surface area contributed by atoms with Crippen molar-refractivity contribution in [2.75, 3.05) is 0 Å². The van der Waals surface area contributed by atoms with Crippen LogP contribution in [0.15, 0.2) is 65.8 Å². The summed E-state index contributed by atoms with van der Waals surface area (Å²) in [6, 6.07) is 12.9. The highest BCUT2D eigenvalue weighted by Gasteiger charge is 2.18. The van der Waals surface area contributed by atoms with Gasteiger partial charge in [-0.1, -0.05) is 42.5 Å². The summed E-state index contributed by atoms with van der Waals surface area (Å²) in [4.78, 5) is 16.4. The molecule has 4 rings (SSSR count). The van der Waals surface area contributed by atoms with Crippen LogP contribution in [0, 0.1) is 0 Å². The van der Waals surface area contributed by atoms with Crippen molar-refractivity contribution in [3.63, 3.8) is 0 Å². The Morgan fingerprint density at radius 1 is 1.12 bits per heavy atom. The van der Waals surface area contributed by atoms with E-state index in [0.717, 1.165) is 22.3 Å². The number of benzene rings is 1. The zero-order valence-electron chi connectivity index (χ0n) is 13.6. The largest absolute Gasteiger partial charge is 0.392 e. The molecule has 0 unspecified atom stereocenters. The van der Waals surface area contributed by atoms with E-state index in [-0.39, 0.29) is 17.1 Å². The van der Waals surface area contributed by atoms with E-state index in [0.29, 0.717) is 5.69 Å². The third kappa shape index (κ3) is 2.86. The summed E-state index contributed by atoms with van der Waals surface area (Å²) in [5.41, 5.74) is 9.20. The molecule has 3 aromatic heterocycles. The molecule has 128 valence electrons.